The second-order valence-corrected chi connectivity index (χ2v) is 12.8. The highest BCUT2D eigenvalue weighted by Gasteiger charge is 2.32. The minimum absolute atomic E-state index is 0.00193. The van der Waals surface area contributed by atoms with Crippen LogP contribution in [0.1, 0.15) is 44.9 Å². The molecule has 0 aliphatic carbocycles. The molecule has 0 saturated carbocycles. The van der Waals surface area contributed by atoms with E-state index in [2.05, 4.69) is 4.98 Å². The van der Waals surface area contributed by atoms with Gasteiger partial charge in [-0.3, -0.25) is 14.1 Å². The maximum Gasteiger partial charge on any atom is 0.416 e. The second-order valence-electron chi connectivity index (χ2n) is 8.70. The quantitative estimate of drug-likeness (QED) is 0.180. The van der Waals surface area contributed by atoms with Gasteiger partial charge in [-0.05, 0) is 55.7 Å². The van der Waals surface area contributed by atoms with E-state index in [0.29, 0.717) is 22.5 Å². The first-order chi connectivity index (χ1) is 18.6. The van der Waals surface area contributed by atoms with E-state index in [0.717, 1.165) is 21.2 Å². The van der Waals surface area contributed by atoms with E-state index in [1.165, 1.54) is 23.8 Å². The normalized spacial score (nSPS) is 11.7. The van der Waals surface area contributed by atoms with Crippen LogP contribution in [-0.4, -0.2) is 53.7 Å². The van der Waals surface area contributed by atoms with E-state index in [9.17, 15) is 9.36 Å². The standard InChI is InChI=1S/C26H33Cl2N4O5PS/c1-6-36-38(34,37-7-2)13-12-31(26(33)35-5)25-30-23(18(3)4)24(32(25)17-19-8-10-29-11-9-19)39-22-15-20(27)14-21(28)16-22/h8-11,14-16,18H,6-7,12-13,17H2,1-5H3. The number of carbonyl (C=O) groups is 1. The fourth-order valence-electron chi connectivity index (χ4n) is 3.81. The molecular formula is C26H33Cl2N4O5PS. The summed E-state index contributed by atoms with van der Waals surface area (Å²) in [7, 11) is -2.15. The van der Waals surface area contributed by atoms with Crippen LogP contribution in [0.3, 0.4) is 0 Å². The molecule has 0 saturated heterocycles. The lowest BCUT2D eigenvalue weighted by Crippen LogP contribution is -2.36. The van der Waals surface area contributed by atoms with Crippen molar-refractivity contribution in [2.75, 3.05) is 37.9 Å². The molecule has 3 aromatic rings. The average molecular weight is 616 g/mol. The second kappa shape index (κ2) is 14.5. The molecule has 0 unspecified atom stereocenters. The number of methoxy groups -OCH3 is 1. The average Bonchev–Trinajstić information content (AvgIpc) is 3.22. The van der Waals surface area contributed by atoms with E-state index >= 15 is 0 Å². The van der Waals surface area contributed by atoms with E-state index < -0.39 is 13.7 Å². The maximum atomic E-state index is 13.2. The minimum atomic E-state index is -3.44. The van der Waals surface area contributed by atoms with Crippen molar-refractivity contribution in [1.29, 1.82) is 0 Å². The number of nitrogens with zero attached hydrogens (tertiary/aromatic N) is 4. The third-order valence-corrected chi connectivity index (χ3v) is 9.08. The maximum absolute atomic E-state index is 13.2. The molecule has 2 heterocycles. The fourth-order valence-corrected chi connectivity index (χ4v) is 7.27. The molecule has 3 rings (SSSR count). The Morgan fingerprint density at radius 2 is 1.72 bits per heavy atom. The first-order valence-corrected chi connectivity index (χ1v) is 15.8. The lowest BCUT2D eigenvalue weighted by atomic mass is 10.1. The summed E-state index contributed by atoms with van der Waals surface area (Å²) in [6.07, 6.45) is 2.73. The number of halogens is 2. The molecule has 0 atom stereocenters. The van der Waals surface area contributed by atoms with Crippen LogP contribution in [0.2, 0.25) is 10.0 Å². The summed E-state index contributed by atoms with van der Waals surface area (Å²) in [6.45, 7) is 8.35. The number of aromatic nitrogens is 3. The summed E-state index contributed by atoms with van der Waals surface area (Å²) in [5.41, 5.74) is 1.72. The molecule has 0 bridgehead atoms. The predicted molar refractivity (Wildman–Crippen MR) is 156 cm³/mol. The monoisotopic (exact) mass is 614 g/mol. The molecule has 0 fully saturated rings. The Kier molecular flexibility index (Phi) is 11.7. The van der Waals surface area contributed by atoms with E-state index in [1.54, 1.807) is 32.3 Å². The van der Waals surface area contributed by atoms with Crippen molar-refractivity contribution in [2.24, 2.45) is 0 Å². The highest BCUT2D eigenvalue weighted by Crippen LogP contribution is 2.48. The van der Waals surface area contributed by atoms with Crippen LogP contribution < -0.4 is 4.90 Å². The molecule has 0 aliphatic heterocycles. The first-order valence-electron chi connectivity index (χ1n) is 12.5. The van der Waals surface area contributed by atoms with Crippen LogP contribution in [0.4, 0.5) is 10.7 Å². The zero-order valence-electron chi connectivity index (χ0n) is 22.6. The number of hydrogen-bond donors (Lipinski definition) is 0. The van der Waals surface area contributed by atoms with E-state index in [1.807, 2.05) is 42.7 Å². The van der Waals surface area contributed by atoms with E-state index in [-0.39, 0.29) is 31.8 Å². The number of pyridine rings is 1. The Labute approximate surface area is 243 Å². The third kappa shape index (κ3) is 8.46. The number of amides is 1. The zero-order valence-corrected chi connectivity index (χ0v) is 25.8. The Balaban J connectivity index is 2.16. The molecule has 0 spiro atoms. The lowest BCUT2D eigenvalue weighted by Gasteiger charge is -2.24. The van der Waals surface area contributed by atoms with Gasteiger partial charge in [-0.2, -0.15) is 0 Å². The number of ether oxygens (including phenoxy) is 1. The van der Waals surface area contributed by atoms with Crippen LogP contribution in [0, 0.1) is 0 Å². The van der Waals surface area contributed by atoms with Crippen LogP contribution in [-0.2, 0) is 24.9 Å². The van der Waals surface area contributed by atoms with Gasteiger partial charge in [-0.15, -0.1) is 0 Å². The van der Waals surface area contributed by atoms with Gasteiger partial charge in [-0.1, -0.05) is 48.8 Å². The van der Waals surface area contributed by atoms with Crippen molar-refractivity contribution in [1.82, 2.24) is 14.5 Å². The van der Waals surface area contributed by atoms with Gasteiger partial charge < -0.3 is 13.8 Å². The minimum Gasteiger partial charge on any atom is -0.452 e. The summed E-state index contributed by atoms with van der Waals surface area (Å²) in [5, 5.41) is 1.83. The van der Waals surface area contributed by atoms with Crippen LogP contribution in [0.5, 0.6) is 0 Å². The molecule has 0 radical (unpaired) electrons. The van der Waals surface area contributed by atoms with Gasteiger partial charge in [0.05, 0.1) is 38.7 Å². The lowest BCUT2D eigenvalue weighted by molar-refractivity contribution is 0.178. The first kappa shape index (κ1) is 31.5. The van der Waals surface area contributed by atoms with Gasteiger partial charge in [-0.25, -0.2) is 14.7 Å². The number of hydrogen-bond acceptors (Lipinski definition) is 8. The molecule has 1 amide bonds. The Hall–Kier alpha value is -2.07. The van der Waals surface area contributed by atoms with Gasteiger partial charge in [0, 0.05) is 33.9 Å². The fraction of sp³-hybridized carbons (Fsp3) is 0.423. The van der Waals surface area contributed by atoms with Crippen molar-refractivity contribution in [3.05, 3.63) is 64.0 Å². The number of rotatable bonds is 13. The molecular weight excluding hydrogens is 582 g/mol. The molecule has 2 aromatic heterocycles. The molecule has 0 N–H and O–H groups in total. The van der Waals surface area contributed by atoms with E-state index in [4.69, 9.17) is 42.0 Å². The van der Waals surface area contributed by atoms with Crippen molar-refractivity contribution in [2.45, 2.75) is 50.1 Å². The number of benzene rings is 1. The molecule has 39 heavy (non-hydrogen) atoms. The number of carbonyl (C=O) groups excluding carboxylic acids is 1. The predicted octanol–water partition coefficient (Wildman–Crippen LogP) is 7.75. The third-order valence-electron chi connectivity index (χ3n) is 5.50. The molecule has 212 valence electrons. The van der Waals surface area contributed by atoms with Crippen LogP contribution >= 0.6 is 42.6 Å². The van der Waals surface area contributed by atoms with Crippen molar-refractivity contribution in [3.8, 4) is 0 Å². The Morgan fingerprint density at radius 3 is 2.26 bits per heavy atom. The van der Waals surface area contributed by atoms with Crippen molar-refractivity contribution < 1.29 is 23.1 Å². The molecule has 9 nitrogen and oxygen atoms in total. The summed E-state index contributed by atoms with van der Waals surface area (Å²) in [5.74, 6) is 0.356. The summed E-state index contributed by atoms with van der Waals surface area (Å²) >= 11 is 14.0. The van der Waals surface area contributed by atoms with Gasteiger partial charge in [0.2, 0.25) is 5.95 Å². The Morgan fingerprint density at radius 1 is 1.10 bits per heavy atom. The molecule has 0 aliphatic rings. The zero-order chi connectivity index (χ0) is 28.6. The number of anilines is 1. The van der Waals surface area contributed by atoms with Gasteiger partial charge in [0.15, 0.2) is 0 Å². The van der Waals surface area contributed by atoms with Gasteiger partial charge in [0.25, 0.3) is 0 Å². The van der Waals surface area contributed by atoms with Crippen molar-refractivity contribution >= 4 is 54.6 Å². The van der Waals surface area contributed by atoms with Gasteiger partial charge >= 0.3 is 13.7 Å². The summed E-state index contributed by atoms with van der Waals surface area (Å²) in [4.78, 5) is 24.3. The Bertz CT molecular complexity index is 1280. The van der Waals surface area contributed by atoms with Gasteiger partial charge in [0.1, 0.15) is 5.03 Å². The SMILES string of the molecule is CCOP(=O)(CCN(C(=O)OC)c1nc(C(C)C)c(Sc2cc(Cl)cc(Cl)c2)n1Cc1ccncc1)OCC. The topological polar surface area (TPSA) is 95.8 Å². The number of imidazole rings is 1. The largest absolute Gasteiger partial charge is 0.452 e. The highest BCUT2D eigenvalue weighted by molar-refractivity contribution is 7.99. The summed E-state index contributed by atoms with van der Waals surface area (Å²) in [6, 6.07) is 9.10. The van der Waals surface area contributed by atoms with Crippen LogP contribution in [0.15, 0.2) is 52.6 Å². The van der Waals surface area contributed by atoms with Crippen LogP contribution in [0.25, 0.3) is 0 Å². The summed E-state index contributed by atoms with van der Waals surface area (Å²) < 4.78 is 31.2. The molecule has 13 heteroatoms. The highest BCUT2D eigenvalue weighted by atomic mass is 35.5. The smallest absolute Gasteiger partial charge is 0.416 e. The molecule has 1 aromatic carbocycles. The van der Waals surface area contributed by atoms with Crippen molar-refractivity contribution in [3.63, 3.8) is 0 Å².